The summed E-state index contributed by atoms with van der Waals surface area (Å²) in [6.45, 7) is 6.16. The lowest BCUT2D eigenvalue weighted by Gasteiger charge is -2.38. The number of aryl methyl sites for hydroxylation is 1. The molecule has 1 atom stereocenters. The van der Waals surface area contributed by atoms with Crippen molar-refractivity contribution in [3.05, 3.63) is 47.7 Å². The minimum absolute atomic E-state index is 0.131. The van der Waals surface area contributed by atoms with Gasteiger partial charge < -0.3 is 9.64 Å². The van der Waals surface area contributed by atoms with Gasteiger partial charge in [-0.2, -0.15) is 4.98 Å². The Kier molecular flexibility index (Phi) is 5.76. The highest BCUT2D eigenvalue weighted by Crippen LogP contribution is 2.36. The van der Waals surface area contributed by atoms with Gasteiger partial charge >= 0.3 is 0 Å². The Bertz CT molecular complexity index is 883. The second-order valence-electron chi connectivity index (χ2n) is 7.87. The predicted octanol–water partition coefficient (Wildman–Crippen LogP) is 3.86. The number of para-hydroxylation sites is 1. The molecule has 1 aromatic carbocycles. The number of likely N-dealkylation sites (tertiary alicyclic amines) is 2. The molecule has 7 heteroatoms. The molecule has 6 nitrogen and oxygen atoms in total. The van der Waals surface area contributed by atoms with Crippen LogP contribution in [0.5, 0.6) is 11.6 Å². The largest absolute Gasteiger partial charge is 0.436 e. The van der Waals surface area contributed by atoms with E-state index in [9.17, 15) is 9.18 Å². The van der Waals surface area contributed by atoms with Gasteiger partial charge in [-0.05, 0) is 51.3 Å². The third-order valence-electron chi connectivity index (χ3n) is 5.87. The lowest BCUT2D eigenvalue weighted by atomic mass is 10.0. The van der Waals surface area contributed by atoms with E-state index in [2.05, 4.69) is 14.9 Å². The molecule has 2 aliphatic heterocycles. The zero-order chi connectivity index (χ0) is 20.4. The van der Waals surface area contributed by atoms with Crippen LogP contribution in [-0.4, -0.2) is 51.4 Å². The zero-order valence-corrected chi connectivity index (χ0v) is 17.0. The molecular formula is C22H27FN4O2. The van der Waals surface area contributed by atoms with Gasteiger partial charge in [0.05, 0.1) is 6.04 Å². The molecule has 1 amide bonds. The molecule has 2 aromatic rings. The summed E-state index contributed by atoms with van der Waals surface area (Å²) in [5, 5.41) is 0. The molecule has 0 spiro atoms. The Hall–Kier alpha value is -2.54. The van der Waals surface area contributed by atoms with E-state index in [1.807, 2.05) is 11.8 Å². The molecule has 0 N–H and O–H groups in total. The number of carbonyl (C=O) groups is 1. The van der Waals surface area contributed by atoms with Crippen molar-refractivity contribution in [2.24, 2.45) is 0 Å². The van der Waals surface area contributed by atoms with Crippen molar-refractivity contribution in [3.63, 3.8) is 0 Å². The number of halogens is 1. The second-order valence-corrected chi connectivity index (χ2v) is 7.87. The monoisotopic (exact) mass is 398 g/mol. The van der Waals surface area contributed by atoms with Gasteiger partial charge in [-0.1, -0.05) is 12.1 Å². The van der Waals surface area contributed by atoms with Crippen molar-refractivity contribution < 1.29 is 13.9 Å². The van der Waals surface area contributed by atoms with Crippen LogP contribution in [0.25, 0.3) is 0 Å². The minimum atomic E-state index is -0.412. The molecular weight excluding hydrogens is 371 g/mol. The Morgan fingerprint density at radius 2 is 1.90 bits per heavy atom. The first kappa shape index (κ1) is 19.8. The van der Waals surface area contributed by atoms with E-state index < -0.39 is 5.82 Å². The molecule has 4 rings (SSSR count). The highest BCUT2D eigenvalue weighted by molar-refractivity contribution is 5.73. The van der Waals surface area contributed by atoms with E-state index >= 15 is 0 Å². The molecule has 0 bridgehead atoms. The molecule has 2 aliphatic rings. The molecule has 3 heterocycles. The number of ether oxygens (including phenoxy) is 1. The van der Waals surface area contributed by atoms with Crippen LogP contribution >= 0.6 is 0 Å². The van der Waals surface area contributed by atoms with Crippen LogP contribution < -0.4 is 4.74 Å². The van der Waals surface area contributed by atoms with E-state index in [-0.39, 0.29) is 17.7 Å². The highest BCUT2D eigenvalue weighted by Gasteiger charge is 2.35. The SMILES string of the molecule is CC(=O)N1CCC(N2CCCC2c2nc(C)cc(Oc3ccccc3F)n2)CC1. The smallest absolute Gasteiger partial charge is 0.222 e. The number of piperidine rings is 1. The fourth-order valence-corrected chi connectivity index (χ4v) is 4.42. The van der Waals surface area contributed by atoms with Crippen molar-refractivity contribution >= 4 is 5.91 Å². The number of amides is 1. The Morgan fingerprint density at radius 1 is 1.14 bits per heavy atom. The van der Waals surface area contributed by atoms with Crippen LogP contribution in [-0.2, 0) is 4.79 Å². The maximum atomic E-state index is 14.0. The van der Waals surface area contributed by atoms with Gasteiger partial charge in [0.1, 0.15) is 5.82 Å². The molecule has 29 heavy (non-hydrogen) atoms. The van der Waals surface area contributed by atoms with E-state index in [0.29, 0.717) is 11.9 Å². The highest BCUT2D eigenvalue weighted by atomic mass is 19.1. The number of hydrogen-bond donors (Lipinski definition) is 0. The van der Waals surface area contributed by atoms with Crippen molar-refractivity contribution in [2.75, 3.05) is 19.6 Å². The summed E-state index contributed by atoms with van der Waals surface area (Å²) in [7, 11) is 0. The third kappa shape index (κ3) is 4.40. The van der Waals surface area contributed by atoms with Gasteiger partial charge in [-0.3, -0.25) is 9.69 Å². The zero-order valence-electron chi connectivity index (χ0n) is 17.0. The number of hydrogen-bond acceptors (Lipinski definition) is 5. The Labute approximate surface area is 170 Å². The van der Waals surface area contributed by atoms with Gasteiger partial charge in [-0.25, -0.2) is 9.37 Å². The fraction of sp³-hybridized carbons (Fsp3) is 0.500. The summed E-state index contributed by atoms with van der Waals surface area (Å²) in [6.07, 6.45) is 4.04. The minimum Gasteiger partial charge on any atom is -0.436 e. The van der Waals surface area contributed by atoms with Crippen LogP contribution in [0, 0.1) is 12.7 Å². The first-order valence-electron chi connectivity index (χ1n) is 10.3. The van der Waals surface area contributed by atoms with E-state index in [1.54, 1.807) is 31.2 Å². The normalized spacial score (nSPS) is 20.8. The van der Waals surface area contributed by atoms with Gasteiger partial charge in [0.2, 0.25) is 11.8 Å². The standard InChI is InChI=1S/C22H27FN4O2/c1-15-14-21(29-20-8-4-3-6-18(20)23)25-22(24-15)19-7-5-11-27(19)17-9-12-26(13-10-17)16(2)28/h3-4,6,8,14,17,19H,5,7,9-13H2,1-2H3. The van der Waals surface area contributed by atoms with Gasteiger partial charge in [-0.15, -0.1) is 0 Å². The molecule has 0 radical (unpaired) electrons. The molecule has 0 saturated carbocycles. The lowest BCUT2D eigenvalue weighted by molar-refractivity contribution is -0.130. The molecule has 154 valence electrons. The van der Waals surface area contributed by atoms with Crippen molar-refractivity contribution in [1.82, 2.24) is 19.8 Å². The summed E-state index contributed by atoms with van der Waals surface area (Å²) < 4.78 is 19.7. The van der Waals surface area contributed by atoms with Gasteiger partial charge in [0, 0.05) is 37.8 Å². The second kappa shape index (κ2) is 8.45. The van der Waals surface area contributed by atoms with Gasteiger partial charge in [0.15, 0.2) is 11.6 Å². The Balaban J connectivity index is 1.52. The van der Waals surface area contributed by atoms with Crippen LogP contribution in [0.1, 0.15) is 50.2 Å². The lowest BCUT2D eigenvalue weighted by Crippen LogP contribution is -2.46. The molecule has 1 unspecified atom stereocenters. The van der Waals surface area contributed by atoms with Crippen molar-refractivity contribution in [2.45, 2.75) is 51.6 Å². The first-order valence-corrected chi connectivity index (χ1v) is 10.3. The Morgan fingerprint density at radius 3 is 2.62 bits per heavy atom. The van der Waals surface area contributed by atoms with Crippen LogP contribution in [0.2, 0.25) is 0 Å². The summed E-state index contributed by atoms with van der Waals surface area (Å²) in [5.74, 6) is 1.01. The molecule has 2 fully saturated rings. The number of benzene rings is 1. The summed E-state index contributed by atoms with van der Waals surface area (Å²) >= 11 is 0. The molecule has 0 aliphatic carbocycles. The fourth-order valence-electron chi connectivity index (χ4n) is 4.42. The number of carbonyl (C=O) groups excluding carboxylic acids is 1. The molecule has 1 aromatic heterocycles. The topological polar surface area (TPSA) is 58.6 Å². The van der Waals surface area contributed by atoms with E-state index in [4.69, 9.17) is 4.74 Å². The van der Waals surface area contributed by atoms with E-state index in [0.717, 1.165) is 56.8 Å². The summed E-state index contributed by atoms with van der Waals surface area (Å²) in [4.78, 5) is 25.3. The number of rotatable bonds is 4. The number of aromatic nitrogens is 2. The van der Waals surface area contributed by atoms with Crippen molar-refractivity contribution in [3.8, 4) is 11.6 Å². The molecule has 2 saturated heterocycles. The summed E-state index contributed by atoms with van der Waals surface area (Å²) in [6, 6.07) is 8.63. The van der Waals surface area contributed by atoms with Crippen LogP contribution in [0.15, 0.2) is 30.3 Å². The summed E-state index contributed by atoms with van der Waals surface area (Å²) in [5.41, 5.74) is 0.805. The predicted molar refractivity (Wildman–Crippen MR) is 107 cm³/mol. The maximum absolute atomic E-state index is 14.0. The quantitative estimate of drug-likeness (QED) is 0.783. The third-order valence-corrected chi connectivity index (χ3v) is 5.87. The average Bonchev–Trinajstić information content (AvgIpc) is 3.19. The van der Waals surface area contributed by atoms with Gasteiger partial charge in [0.25, 0.3) is 0 Å². The average molecular weight is 398 g/mol. The maximum Gasteiger partial charge on any atom is 0.222 e. The first-order chi connectivity index (χ1) is 14.0. The van der Waals surface area contributed by atoms with Crippen LogP contribution in [0.4, 0.5) is 4.39 Å². The van der Waals surface area contributed by atoms with Crippen LogP contribution in [0.3, 0.4) is 0 Å². The number of nitrogens with zero attached hydrogens (tertiary/aromatic N) is 4. The van der Waals surface area contributed by atoms with Crippen molar-refractivity contribution in [1.29, 1.82) is 0 Å². The van der Waals surface area contributed by atoms with E-state index in [1.165, 1.54) is 6.07 Å².